The summed E-state index contributed by atoms with van der Waals surface area (Å²) in [5.74, 6) is 0.158. The Morgan fingerprint density at radius 3 is 2.30 bits per heavy atom. The molecule has 2 amide bonds. The molecule has 2 fully saturated rings. The van der Waals surface area contributed by atoms with E-state index in [9.17, 15) is 13.8 Å². The molecule has 7 heteroatoms. The van der Waals surface area contributed by atoms with Crippen LogP contribution >= 0.6 is 0 Å². The van der Waals surface area contributed by atoms with Crippen LogP contribution in [0.5, 0.6) is 0 Å². The quantitative estimate of drug-likeness (QED) is 0.812. The number of rotatable bonds is 3. The number of hydrogen-bond donors (Lipinski definition) is 2. The third kappa shape index (κ3) is 3.94. The largest absolute Gasteiger partial charge is 0.481 e. The summed E-state index contributed by atoms with van der Waals surface area (Å²) in [7, 11) is -0.819. The number of nitrogens with one attached hydrogen (secondary N) is 1. The van der Waals surface area contributed by atoms with Gasteiger partial charge in [-0.05, 0) is 12.8 Å². The second-order valence-corrected chi connectivity index (χ2v) is 7.37. The Hall–Kier alpha value is -1.11. The molecule has 2 rings (SSSR count). The van der Waals surface area contributed by atoms with Gasteiger partial charge in [-0.25, -0.2) is 4.79 Å². The lowest BCUT2D eigenvalue weighted by molar-refractivity contribution is -0.139. The summed E-state index contributed by atoms with van der Waals surface area (Å²) in [5.41, 5.74) is -0.599. The van der Waals surface area contributed by atoms with Gasteiger partial charge in [0.15, 0.2) is 0 Å². The van der Waals surface area contributed by atoms with E-state index in [4.69, 9.17) is 5.11 Å². The molecule has 2 N–H and O–H groups in total. The number of carboxylic acid groups (broad SMARTS) is 1. The van der Waals surface area contributed by atoms with Crippen LogP contribution in [0.4, 0.5) is 4.79 Å². The van der Waals surface area contributed by atoms with E-state index in [0.717, 1.165) is 32.1 Å². The van der Waals surface area contributed by atoms with Crippen molar-refractivity contribution in [3.63, 3.8) is 0 Å². The molecule has 0 aromatic rings. The van der Waals surface area contributed by atoms with Gasteiger partial charge in [-0.1, -0.05) is 19.3 Å². The first-order valence-electron chi connectivity index (χ1n) is 7.15. The molecule has 2 aliphatic rings. The van der Waals surface area contributed by atoms with Gasteiger partial charge in [0.2, 0.25) is 0 Å². The monoisotopic (exact) mass is 302 g/mol. The Labute approximate surface area is 121 Å². The third-order valence-corrected chi connectivity index (χ3v) is 5.41. The van der Waals surface area contributed by atoms with Gasteiger partial charge in [0, 0.05) is 35.4 Å². The molecule has 6 nitrogen and oxygen atoms in total. The molecular weight excluding hydrogens is 280 g/mol. The Morgan fingerprint density at radius 2 is 1.75 bits per heavy atom. The second-order valence-electron chi connectivity index (χ2n) is 5.68. The first-order chi connectivity index (χ1) is 9.51. The highest BCUT2D eigenvalue weighted by Gasteiger charge is 2.37. The van der Waals surface area contributed by atoms with Crippen molar-refractivity contribution in [1.29, 1.82) is 0 Å². The summed E-state index contributed by atoms with van der Waals surface area (Å²) in [5, 5.41) is 12.0. The average Bonchev–Trinajstić information content (AvgIpc) is 2.39. The lowest BCUT2D eigenvalue weighted by Gasteiger charge is -2.39. The predicted molar refractivity (Wildman–Crippen MR) is 76.0 cm³/mol. The zero-order valence-corrected chi connectivity index (χ0v) is 12.4. The Balaban J connectivity index is 1.98. The summed E-state index contributed by atoms with van der Waals surface area (Å²) in [6.45, 7) is 0.975. The predicted octanol–water partition coefficient (Wildman–Crippen LogP) is 0.938. The van der Waals surface area contributed by atoms with Crippen molar-refractivity contribution in [2.75, 3.05) is 24.6 Å². The molecule has 1 saturated heterocycles. The summed E-state index contributed by atoms with van der Waals surface area (Å²) in [6, 6.07) is -0.204. The molecule has 20 heavy (non-hydrogen) atoms. The standard InChI is InChI=1S/C13H22N2O4S/c16-11(17)10-13(4-2-1-3-5-13)14-12(18)15-6-8-20(19)9-7-15/h1-10H2,(H,14,18)(H,16,17). The van der Waals surface area contributed by atoms with Crippen LogP contribution in [0.2, 0.25) is 0 Å². The first-order valence-corrected chi connectivity index (χ1v) is 8.63. The minimum atomic E-state index is -0.869. The van der Waals surface area contributed by atoms with Gasteiger partial charge >= 0.3 is 12.0 Å². The van der Waals surface area contributed by atoms with Crippen molar-refractivity contribution in [3.05, 3.63) is 0 Å². The van der Waals surface area contributed by atoms with Gasteiger partial charge in [0.1, 0.15) is 0 Å². The van der Waals surface area contributed by atoms with Crippen molar-refractivity contribution in [3.8, 4) is 0 Å². The Kier molecular flexibility index (Phi) is 5.01. The molecule has 114 valence electrons. The number of carboxylic acids is 1. The molecule has 0 radical (unpaired) electrons. The first kappa shape index (κ1) is 15.3. The summed E-state index contributed by atoms with van der Waals surface area (Å²) in [6.07, 6.45) is 4.45. The molecule has 1 aliphatic heterocycles. The highest BCUT2D eigenvalue weighted by molar-refractivity contribution is 7.85. The van der Waals surface area contributed by atoms with Gasteiger partial charge < -0.3 is 15.3 Å². The van der Waals surface area contributed by atoms with Gasteiger partial charge in [0.05, 0.1) is 12.0 Å². The maximum absolute atomic E-state index is 12.3. The average molecular weight is 302 g/mol. The zero-order valence-electron chi connectivity index (χ0n) is 11.6. The van der Waals surface area contributed by atoms with Crippen LogP contribution in [-0.4, -0.2) is 56.3 Å². The second kappa shape index (κ2) is 6.56. The van der Waals surface area contributed by atoms with E-state index in [-0.39, 0.29) is 12.5 Å². The van der Waals surface area contributed by atoms with E-state index in [2.05, 4.69) is 5.32 Å². The summed E-state index contributed by atoms with van der Waals surface area (Å²) in [4.78, 5) is 25.0. The number of carbonyl (C=O) groups excluding carboxylic acids is 1. The van der Waals surface area contributed by atoms with E-state index in [1.807, 2.05) is 0 Å². The number of amides is 2. The fourth-order valence-electron chi connectivity index (χ4n) is 3.01. The molecule has 0 atom stereocenters. The maximum Gasteiger partial charge on any atom is 0.317 e. The van der Waals surface area contributed by atoms with E-state index >= 15 is 0 Å². The molecule has 0 spiro atoms. The van der Waals surface area contributed by atoms with Gasteiger partial charge in [-0.3, -0.25) is 9.00 Å². The minimum absolute atomic E-state index is 0.0154. The summed E-state index contributed by atoms with van der Waals surface area (Å²) < 4.78 is 11.3. The van der Waals surface area contributed by atoms with Crippen molar-refractivity contribution in [1.82, 2.24) is 10.2 Å². The Bertz CT molecular complexity index is 397. The molecule has 0 unspecified atom stereocenters. The third-order valence-electron chi connectivity index (χ3n) is 4.14. The highest BCUT2D eigenvalue weighted by atomic mass is 32.2. The van der Waals surface area contributed by atoms with E-state index < -0.39 is 22.3 Å². The van der Waals surface area contributed by atoms with Crippen LogP contribution in [0.25, 0.3) is 0 Å². The zero-order chi connectivity index (χ0) is 14.6. The molecule has 0 bridgehead atoms. The molecular formula is C13H22N2O4S. The van der Waals surface area contributed by atoms with Crippen molar-refractivity contribution >= 4 is 22.8 Å². The minimum Gasteiger partial charge on any atom is -0.481 e. The van der Waals surface area contributed by atoms with Crippen LogP contribution in [0.15, 0.2) is 0 Å². The molecule has 1 heterocycles. The number of hydrogen-bond acceptors (Lipinski definition) is 3. The molecule has 1 aliphatic carbocycles. The topological polar surface area (TPSA) is 86.7 Å². The van der Waals surface area contributed by atoms with Crippen LogP contribution in [0, 0.1) is 0 Å². The van der Waals surface area contributed by atoms with Crippen molar-refractivity contribution in [2.24, 2.45) is 0 Å². The van der Waals surface area contributed by atoms with Crippen LogP contribution in [0.3, 0.4) is 0 Å². The fraction of sp³-hybridized carbons (Fsp3) is 0.846. The maximum atomic E-state index is 12.3. The molecule has 0 aromatic heterocycles. The lowest BCUT2D eigenvalue weighted by atomic mass is 9.79. The van der Waals surface area contributed by atoms with E-state index in [0.29, 0.717) is 24.6 Å². The van der Waals surface area contributed by atoms with E-state index in [1.165, 1.54) is 0 Å². The fourth-order valence-corrected chi connectivity index (χ4v) is 4.06. The molecule has 1 saturated carbocycles. The molecule has 0 aromatic carbocycles. The van der Waals surface area contributed by atoms with Crippen molar-refractivity contribution < 1.29 is 18.9 Å². The number of nitrogens with zero attached hydrogens (tertiary/aromatic N) is 1. The van der Waals surface area contributed by atoms with Gasteiger partial charge in [-0.2, -0.15) is 0 Å². The highest BCUT2D eigenvalue weighted by Crippen LogP contribution is 2.31. The van der Waals surface area contributed by atoms with E-state index in [1.54, 1.807) is 4.90 Å². The van der Waals surface area contributed by atoms with Gasteiger partial charge in [0.25, 0.3) is 0 Å². The SMILES string of the molecule is O=C(O)CC1(NC(=O)N2CCS(=O)CC2)CCCCC1. The van der Waals surface area contributed by atoms with Crippen LogP contribution in [-0.2, 0) is 15.6 Å². The number of urea groups is 1. The Morgan fingerprint density at radius 1 is 1.15 bits per heavy atom. The smallest absolute Gasteiger partial charge is 0.317 e. The number of aliphatic carboxylic acids is 1. The summed E-state index contributed by atoms with van der Waals surface area (Å²) >= 11 is 0. The van der Waals surface area contributed by atoms with Crippen LogP contribution < -0.4 is 5.32 Å². The normalized spacial score (nSPS) is 23.3. The number of carbonyl (C=O) groups is 2. The lowest BCUT2D eigenvalue weighted by Crippen LogP contribution is -2.57. The van der Waals surface area contributed by atoms with Gasteiger partial charge in [-0.15, -0.1) is 0 Å². The van der Waals surface area contributed by atoms with Crippen molar-refractivity contribution in [2.45, 2.75) is 44.1 Å². The van der Waals surface area contributed by atoms with Crippen LogP contribution in [0.1, 0.15) is 38.5 Å².